The van der Waals surface area contributed by atoms with E-state index in [1.807, 2.05) is 0 Å². The molecule has 0 aliphatic heterocycles. The molecule has 0 bridgehead atoms. The van der Waals surface area contributed by atoms with Crippen molar-refractivity contribution < 1.29 is 19.0 Å². The molecule has 0 radical (unpaired) electrons. The highest BCUT2D eigenvalue weighted by Crippen LogP contribution is 2.20. The second-order valence-corrected chi connectivity index (χ2v) is 2.12. The lowest BCUT2D eigenvalue weighted by Gasteiger charge is -2.03. The molecule has 1 N–H and O–H groups in total. The first-order valence-corrected chi connectivity index (χ1v) is 3.22. The number of hydrogen-bond acceptors (Lipinski definition) is 2. The molecule has 72 valence electrons. The highest BCUT2D eigenvalue weighted by atomic mass is 35.5. The van der Waals surface area contributed by atoms with E-state index < -0.39 is 17.3 Å². The monoisotopic (exact) mass is 206 g/mol. The van der Waals surface area contributed by atoms with Gasteiger partial charge in [-0.1, -0.05) is 6.07 Å². The fraction of sp³-hybridized carbons (Fsp3) is 0.125. The number of carbonyl (C=O) groups is 1. The molecule has 0 atom stereocenters. The zero-order valence-corrected chi connectivity index (χ0v) is 7.60. The van der Waals surface area contributed by atoms with Gasteiger partial charge in [-0.05, 0) is 12.1 Å². The Bertz CT molecular complexity index is 314. The number of aromatic carboxylic acids is 1. The SMILES string of the molecule is COc1cccc(F)c1C(=O)O.Cl. The molecule has 0 fully saturated rings. The van der Waals surface area contributed by atoms with E-state index in [9.17, 15) is 9.18 Å². The van der Waals surface area contributed by atoms with Gasteiger partial charge in [-0.15, -0.1) is 12.4 Å². The van der Waals surface area contributed by atoms with Gasteiger partial charge >= 0.3 is 5.97 Å². The Morgan fingerprint density at radius 2 is 2.15 bits per heavy atom. The minimum atomic E-state index is -1.33. The summed E-state index contributed by atoms with van der Waals surface area (Å²) >= 11 is 0. The molecule has 1 rings (SSSR count). The normalized spacial score (nSPS) is 8.77. The van der Waals surface area contributed by atoms with Crippen LogP contribution < -0.4 is 4.74 Å². The maximum absolute atomic E-state index is 12.8. The molecule has 0 saturated heterocycles. The lowest BCUT2D eigenvalue weighted by molar-refractivity contribution is 0.0688. The number of carboxylic acid groups (broad SMARTS) is 1. The standard InChI is InChI=1S/C8H7FO3.ClH/c1-12-6-4-2-3-5(9)7(6)8(10)11;/h2-4H,1H3,(H,10,11);1H. The summed E-state index contributed by atoms with van der Waals surface area (Å²) in [6, 6.07) is 3.86. The molecular formula is C8H8ClFO3. The second kappa shape index (κ2) is 4.67. The van der Waals surface area contributed by atoms with Gasteiger partial charge < -0.3 is 9.84 Å². The van der Waals surface area contributed by atoms with Crippen molar-refractivity contribution in [2.75, 3.05) is 7.11 Å². The predicted molar refractivity (Wildman–Crippen MR) is 47.2 cm³/mol. The third-order valence-electron chi connectivity index (χ3n) is 1.41. The van der Waals surface area contributed by atoms with Crippen LogP contribution in [0.25, 0.3) is 0 Å². The average molecular weight is 207 g/mol. The highest BCUT2D eigenvalue weighted by Gasteiger charge is 2.15. The lowest BCUT2D eigenvalue weighted by Crippen LogP contribution is -2.03. The Hall–Kier alpha value is -1.29. The van der Waals surface area contributed by atoms with Gasteiger partial charge in [-0.25, -0.2) is 9.18 Å². The third kappa shape index (κ3) is 2.32. The highest BCUT2D eigenvalue weighted by molar-refractivity contribution is 5.91. The van der Waals surface area contributed by atoms with E-state index in [1.54, 1.807) is 0 Å². The van der Waals surface area contributed by atoms with E-state index in [0.29, 0.717) is 0 Å². The molecule has 1 aromatic carbocycles. The van der Waals surface area contributed by atoms with Gasteiger partial charge in [0.1, 0.15) is 17.1 Å². The number of ether oxygens (including phenoxy) is 1. The van der Waals surface area contributed by atoms with E-state index in [0.717, 1.165) is 6.07 Å². The Morgan fingerprint density at radius 1 is 1.54 bits per heavy atom. The van der Waals surface area contributed by atoms with Crippen LogP contribution in [0.5, 0.6) is 5.75 Å². The van der Waals surface area contributed by atoms with Crippen molar-refractivity contribution in [3.05, 3.63) is 29.6 Å². The summed E-state index contributed by atoms with van der Waals surface area (Å²) in [6.07, 6.45) is 0. The zero-order valence-electron chi connectivity index (χ0n) is 6.78. The van der Waals surface area contributed by atoms with Crippen molar-refractivity contribution in [3.8, 4) is 5.75 Å². The van der Waals surface area contributed by atoms with Crippen LogP contribution in [-0.2, 0) is 0 Å². The molecular weight excluding hydrogens is 199 g/mol. The molecule has 0 saturated carbocycles. The van der Waals surface area contributed by atoms with Crippen LogP contribution in [0.2, 0.25) is 0 Å². The maximum atomic E-state index is 12.8. The van der Waals surface area contributed by atoms with E-state index >= 15 is 0 Å². The van der Waals surface area contributed by atoms with Crippen LogP contribution in [0.15, 0.2) is 18.2 Å². The minimum Gasteiger partial charge on any atom is -0.496 e. The molecule has 13 heavy (non-hydrogen) atoms. The largest absolute Gasteiger partial charge is 0.496 e. The van der Waals surface area contributed by atoms with Crippen molar-refractivity contribution in [2.24, 2.45) is 0 Å². The van der Waals surface area contributed by atoms with E-state index in [1.165, 1.54) is 19.2 Å². The quantitative estimate of drug-likeness (QED) is 0.805. The first-order valence-electron chi connectivity index (χ1n) is 3.22. The van der Waals surface area contributed by atoms with Crippen molar-refractivity contribution in [1.82, 2.24) is 0 Å². The summed E-state index contributed by atoms with van der Waals surface area (Å²) in [5.74, 6) is -2.09. The van der Waals surface area contributed by atoms with E-state index in [-0.39, 0.29) is 18.2 Å². The molecule has 0 amide bonds. The minimum absolute atomic E-state index is 0. The Labute approximate surface area is 80.5 Å². The van der Waals surface area contributed by atoms with Crippen molar-refractivity contribution in [2.45, 2.75) is 0 Å². The molecule has 0 spiro atoms. The molecule has 0 heterocycles. The van der Waals surface area contributed by atoms with Gasteiger partial charge in [-0.2, -0.15) is 0 Å². The van der Waals surface area contributed by atoms with Crippen LogP contribution >= 0.6 is 12.4 Å². The van der Waals surface area contributed by atoms with Crippen LogP contribution in [0.3, 0.4) is 0 Å². The Balaban J connectivity index is 0.00000144. The molecule has 1 aromatic rings. The number of halogens is 2. The fourth-order valence-electron chi connectivity index (χ4n) is 0.882. The summed E-state index contributed by atoms with van der Waals surface area (Å²) in [6.45, 7) is 0. The molecule has 0 aliphatic rings. The van der Waals surface area contributed by atoms with Gasteiger partial charge in [0.25, 0.3) is 0 Å². The molecule has 0 unspecified atom stereocenters. The van der Waals surface area contributed by atoms with Gasteiger partial charge in [-0.3, -0.25) is 0 Å². The van der Waals surface area contributed by atoms with Crippen LogP contribution in [0.4, 0.5) is 4.39 Å². The van der Waals surface area contributed by atoms with Gasteiger partial charge in [0, 0.05) is 0 Å². The van der Waals surface area contributed by atoms with E-state index in [2.05, 4.69) is 4.74 Å². The summed E-state index contributed by atoms with van der Waals surface area (Å²) < 4.78 is 17.5. The number of hydrogen-bond donors (Lipinski definition) is 1. The Morgan fingerprint density at radius 3 is 2.54 bits per heavy atom. The number of carboxylic acids is 1. The van der Waals surface area contributed by atoms with E-state index in [4.69, 9.17) is 5.11 Å². The zero-order chi connectivity index (χ0) is 9.14. The molecule has 5 heteroatoms. The van der Waals surface area contributed by atoms with Crippen LogP contribution in [-0.4, -0.2) is 18.2 Å². The average Bonchev–Trinajstić information content (AvgIpc) is 2.03. The lowest BCUT2D eigenvalue weighted by atomic mass is 10.2. The van der Waals surface area contributed by atoms with Crippen LogP contribution in [0.1, 0.15) is 10.4 Å². The Kier molecular flexibility index (Phi) is 4.20. The van der Waals surface area contributed by atoms with Gasteiger partial charge in [0.15, 0.2) is 0 Å². The molecule has 3 nitrogen and oxygen atoms in total. The maximum Gasteiger partial charge on any atom is 0.342 e. The summed E-state index contributed by atoms with van der Waals surface area (Å²) in [4.78, 5) is 10.5. The van der Waals surface area contributed by atoms with Crippen LogP contribution in [0, 0.1) is 5.82 Å². The van der Waals surface area contributed by atoms with Gasteiger partial charge in [0.2, 0.25) is 0 Å². The number of methoxy groups -OCH3 is 1. The third-order valence-corrected chi connectivity index (χ3v) is 1.41. The molecule has 0 aliphatic carbocycles. The van der Waals surface area contributed by atoms with Crippen molar-refractivity contribution in [1.29, 1.82) is 0 Å². The van der Waals surface area contributed by atoms with Gasteiger partial charge in [0.05, 0.1) is 7.11 Å². The second-order valence-electron chi connectivity index (χ2n) is 2.12. The first kappa shape index (κ1) is 11.7. The molecule has 0 aromatic heterocycles. The smallest absolute Gasteiger partial charge is 0.342 e. The summed E-state index contributed by atoms with van der Waals surface area (Å²) in [5, 5.41) is 8.56. The summed E-state index contributed by atoms with van der Waals surface area (Å²) in [7, 11) is 1.29. The van der Waals surface area contributed by atoms with Crippen molar-refractivity contribution in [3.63, 3.8) is 0 Å². The number of benzene rings is 1. The first-order chi connectivity index (χ1) is 5.66. The van der Waals surface area contributed by atoms with Crippen molar-refractivity contribution >= 4 is 18.4 Å². The fourth-order valence-corrected chi connectivity index (χ4v) is 0.882. The summed E-state index contributed by atoms with van der Waals surface area (Å²) in [5.41, 5.74) is -0.431. The predicted octanol–water partition coefficient (Wildman–Crippen LogP) is 1.95. The topological polar surface area (TPSA) is 46.5 Å². The number of rotatable bonds is 2.